The lowest BCUT2D eigenvalue weighted by Gasteiger charge is -2.34. The Kier molecular flexibility index (Phi) is 6.76. The highest BCUT2D eigenvalue weighted by atomic mass is 32.2. The summed E-state index contributed by atoms with van der Waals surface area (Å²) < 4.78 is 8.61. The fourth-order valence-electron chi connectivity index (χ4n) is 2.34. The predicted molar refractivity (Wildman–Crippen MR) is 88.6 cm³/mol. The van der Waals surface area contributed by atoms with Crippen molar-refractivity contribution >= 4 is 28.5 Å². The Morgan fingerprint density at radius 1 is 1.55 bits per heavy atom. The van der Waals surface area contributed by atoms with E-state index in [0.29, 0.717) is 10.4 Å². The average Bonchev–Trinajstić information content (AvgIpc) is 2.49. The molecule has 20 heavy (non-hydrogen) atoms. The van der Waals surface area contributed by atoms with Crippen LogP contribution in [0.1, 0.15) is 50.6 Å². The van der Waals surface area contributed by atoms with Crippen molar-refractivity contribution in [3.05, 3.63) is 30.1 Å². The minimum absolute atomic E-state index is 0.398. The zero-order valence-electron chi connectivity index (χ0n) is 12.0. The molecule has 1 aromatic rings. The molecule has 110 valence electrons. The molecule has 0 aromatic carbocycles. The smallest absolute Gasteiger partial charge is 0.235 e. The second-order valence-corrected chi connectivity index (χ2v) is 6.63. The van der Waals surface area contributed by atoms with E-state index in [-0.39, 0.29) is 0 Å². The molecule has 1 aliphatic heterocycles. The van der Waals surface area contributed by atoms with Crippen LogP contribution in [0.3, 0.4) is 0 Å². The standard InChI is InChI=1S/C15H22N2OS2/c1-2-3-11-18-15(19)20-17-10-5-4-8-14(17)13-7-6-9-16-12-13/h6-7,9,12,14H,2-5,8,10-11H2,1H3. The minimum Gasteiger partial charge on any atom is -0.478 e. The summed E-state index contributed by atoms with van der Waals surface area (Å²) in [4.78, 5) is 4.23. The van der Waals surface area contributed by atoms with E-state index in [1.165, 1.54) is 18.4 Å². The van der Waals surface area contributed by atoms with Crippen molar-refractivity contribution in [2.75, 3.05) is 13.2 Å². The van der Waals surface area contributed by atoms with Crippen LogP contribution in [-0.4, -0.2) is 26.8 Å². The highest BCUT2D eigenvalue weighted by molar-refractivity contribution is 8.21. The van der Waals surface area contributed by atoms with E-state index in [0.717, 1.165) is 32.4 Å². The number of hydrogen-bond acceptors (Lipinski definition) is 5. The molecule has 1 fully saturated rings. The van der Waals surface area contributed by atoms with Gasteiger partial charge in [0.2, 0.25) is 4.38 Å². The quantitative estimate of drug-likeness (QED) is 0.457. The molecule has 3 nitrogen and oxygen atoms in total. The number of nitrogens with zero attached hydrogens (tertiary/aromatic N) is 2. The molecule has 2 rings (SSSR count). The van der Waals surface area contributed by atoms with Crippen LogP contribution >= 0.6 is 24.2 Å². The Labute approximate surface area is 131 Å². The second-order valence-electron chi connectivity index (χ2n) is 4.98. The van der Waals surface area contributed by atoms with Crippen LogP contribution in [0.4, 0.5) is 0 Å². The SMILES string of the molecule is CCCCOC(=S)SN1CCCCC1c1cccnc1. The molecular formula is C15H22N2OS2. The summed E-state index contributed by atoms with van der Waals surface area (Å²) >= 11 is 6.92. The molecule has 5 heteroatoms. The molecular weight excluding hydrogens is 288 g/mol. The van der Waals surface area contributed by atoms with Gasteiger partial charge in [-0.15, -0.1) is 0 Å². The molecule has 0 N–H and O–H groups in total. The Morgan fingerprint density at radius 3 is 3.20 bits per heavy atom. The number of hydrogen-bond donors (Lipinski definition) is 0. The zero-order valence-corrected chi connectivity index (χ0v) is 13.6. The third-order valence-electron chi connectivity index (χ3n) is 3.43. The molecule has 1 saturated heterocycles. The van der Waals surface area contributed by atoms with Crippen molar-refractivity contribution in [3.63, 3.8) is 0 Å². The predicted octanol–water partition coefficient (Wildman–Crippen LogP) is 4.36. The molecule has 0 amide bonds. The molecule has 1 aliphatic rings. The molecule has 0 saturated carbocycles. The van der Waals surface area contributed by atoms with Crippen LogP contribution in [-0.2, 0) is 4.74 Å². The minimum atomic E-state index is 0.398. The van der Waals surface area contributed by atoms with Crippen LogP contribution in [0.25, 0.3) is 0 Å². The van der Waals surface area contributed by atoms with Crippen molar-refractivity contribution in [2.45, 2.75) is 45.1 Å². The fraction of sp³-hybridized carbons (Fsp3) is 0.600. The first-order chi connectivity index (χ1) is 9.81. The Balaban J connectivity index is 1.92. The van der Waals surface area contributed by atoms with Crippen molar-refractivity contribution in [1.82, 2.24) is 9.29 Å². The molecule has 0 spiro atoms. The zero-order chi connectivity index (χ0) is 14.2. The van der Waals surface area contributed by atoms with E-state index in [4.69, 9.17) is 17.0 Å². The summed E-state index contributed by atoms with van der Waals surface area (Å²) in [6.07, 6.45) is 9.63. The third-order valence-corrected chi connectivity index (χ3v) is 4.71. The monoisotopic (exact) mass is 310 g/mol. The van der Waals surface area contributed by atoms with E-state index in [2.05, 4.69) is 22.3 Å². The number of thiocarbonyl (C=S) groups is 1. The van der Waals surface area contributed by atoms with Crippen LogP contribution in [0.5, 0.6) is 0 Å². The van der Waals surface area contributed by atoms with Crippen molar-refractivity contribution in [3.8, 4) is 0 Å². The Bertz CT molecular complexity index is 414. The number of pyridine rings is 1. The molecule has 1 atom stereocenters. The molecule has 0 radical (unpaired) electrons. The summed E-state index contributed by atoms with van der Waals surface area (Å²) in [5.74, 6) is 0. The second kappa shape index (κ2) is 8.60. The van der Waals surface area contributed by atoms with Crippen LogP contribution in [0, 0.1) is 0 Å². The van der Waals surface area contributed by atoms with Crippen molar-refractivity contribution in [1.29, 1.82) is 0 Å². The van der Waals surface area contributed by atoms with E-state index < -0.39 is 0 Å². The van der Waals surface area contributed by atoms with Gasteiger partial charge in [-0.05, 0) is 43.1 Å². The topological polar surface area (TPSA) is 25.4 Å². The summed E-state index contributed by atoms with van der Waals surface area (Å²) in [7, 11) is 0. The first-order valence-corrected chi connectivity index (χ1v) is 8.50. The number of rotatable bonds is 5. The van der Waals surface area contributed by atoms with Crippen LogP contribution in [0.2, 0.25) is 0 Å². The van der Waals surface area contributed by atoms with Gasteiger partial charge in [-0.2, -0.15) is 0 Å². The molecule has 0 bridgehead atoms. The highest BCUT2D eigenvalue weighted by Gasteiger charge is 2.26. The summed E-state index contributed by atoms with van der Waals surface area (Å²) in [6.45, 7) is 3.94. The number of piperidine rings is 1. The number of aromatic nitrogens is 1. The summed E-state index contributed by atoms with van der Waals surface area (Å²) in [5, 5.41) is 0. The lowest BCUT2D eigenvalue weighted by atomic mass is 9.99. The van der Waals surface area contributed by atoms with E-state index >= 15 is 0 Å². The van der Waals surface area contributed by atoms with Crippen LogP contribution < -0.4 is 0 Å². The Hall–Kier alpha value is -0.650. The van der Waals surface area contributed by atoms with Gasteiger partial charge in [-0.25, -0.2) is 4.31 Å². The highest BCUT2D eigenvalue weighted by Crippen LogP contribution is 2.35. The van der Waals surface area contributed by atoms with Gasteiger partial charge in [-0.1, -0.05) is 25.8 Å². The fourth-order valence-corrected chi connectivity index (χ4v) is 3.62. The van der Waals surface area contributed by atoms with Gasteiger partial charge in [0.25, 0.3) is 0 Å². The maximum absolute atomic E-state index is 5.61. The third kappa shape index (κ3) is 4.72. The van der Waals surface area contributed by atoms with E-state index in [1.54, 1.807) is 11.9 Å². The first kappa shape index (κ1) is 15.7. The van der Waals surface area contributed by atoms with Gasteiger partial charge in [0.05, 0.1) is 6.61 Å². The van der Waals surface area contributed by atoms with Gasteiger partial charge in [0.1, 0.15) is 0 Å². The summed E-state index contributed by atoms with van der Waals surface area (Å²) in [6, 6.07) is 4.55. The normalized spacial score (nSPS) is 19.8. The molecule has 2 heterocycles. The number of unbranched alkanes of at least 4 members (excludes halogenated alkanes) is 1. The Morgan fingerprint density at radius 2 is 2.45 bits per heavy atom. The first-order valence-electron chi connectivity index (χ1n) is 7.32. The molecule has 0 aliphatic carbocycles. The number of ether oxygens (including phenoxy) is 1. The maximum atomic E-state index is 5.61. The average molecular weight is 310 g/mol. The maximum Gasteiger partial charge on any atom is 0.235 e. The van der Waals surface area contributed by atoms with E-state index in [1.807, 2.05) is 18.5 Å². The van der Waals surface area contributed by atoms with Gasteiger partial charge < -0.3 is 4.74 Å². The van der Waals surface area contributed by atoms with Crippen molar-refractivity contribution < 1.29 is 4.74 Å². The van der Waals surface area contributed by atoms with Gasteiger partial charge in [0.15, 0.2) is 0 Å². The lowest BCUT2D eigenvalue weighted by Crippen LogP contribution is -2.29. The lowest BCUT2D eigenvalue weighted by molar-refractivity contribution is 0.275. The van der Waals surface area contributed by atoms with Crippen molar-refractivity contribution in [2.24, 2.45) is 0 Å². The van der Waals surface area contributed by atoms with Crippen LogP contribution in [0.15, 0.2) is 24.5 Å². The summed E-state index contributed by atoms with van der Waals surface area (Å²) in [5.41, 5.74) is 1.27. The van der Waals surface area contributed by atoms with Gasteiger partial charge >= 0.3 is 0 Å². The van der Waals surface area contributed by atoms with Gasteiger partial charge in [0, 0.05) is 36.9 Å². The molecule has 1 aromatic heterocycles. The van der Waals surface area contributed by atoms with E-state index in [9.17, 15) is 0 Å². The largest absolute Gasteiger partial charge is 0.478 e. The molecule has 1 unspecified atom stereocenters. The van der Waals surface area contributed by atoms with Gasteiger partial charge in [-0.3, -0.25) is 4.98 Å².